The zero-order valence-corrected chi connectivity index (χ0v) is 18.0. The Bertz CT molecular complexity index is 844. The van der Waals surface area contributed by atoms with Crippen LogP contribution in [0.15, 0.2) is 48.5 Å². The van der Waals surface area contributed by atoms with Crippen LogP contribution in [0.4, 0.5) is 16.2 Å². The highest BCUT2D eigenvalue weighted by Gasteiger charge is 2.21. The van der Waals surface area contributed by atoms with Gasteiger partial charge in [0.15, 0.2) is 0 Å². The van der Waals surface area contributed by atoms with Gasteiger partial charge >= 0.3 is 6.03 Å². The van der Waals surface area contributed by atoms with Crippen LogP contribution in [-0.2, 0) is 11.2 Å². The van der Waals surface area contributed by atoms with Crippen LogP contribution >= 0.6 is 0 Å². The van der Waals surface area contributed by atoms with Crippen molar-refractivity contribution in [2.75, 3.05) is 30.3 Å². The number of ether oxygens (including phenoxy) is 1. The molecule has 0 radical (unpaired) electrons. The molecule has 0 aliphatic carbocycles. The van der Waals surface area contributed by atoms with Crippen LogP contribution in [0.25, 0.3) is 0 Å². The predicted octanol–water partition coefficient (Wildman–Crippen LogP) is 4.04. The van der Waals surface area contributed by atoms with Gasteiger partial charge in [0.25, 0.3) is 0 Å². The van der Waals surface area contributed by atoms with Crippen LogP contribution in [0.5, 0.6) is 5.75 Å². The first-order chi connectivity index (χ1) is 15.0. The third-order valence-electron chi connectivity index (χ3n) is 5.26. The number of piperidine rings is 1. The van der Waals surface area contributed by atoms with Gasteiger partial charge in [0.05, 0.1) is 19.1 Å². The lowest BCUT2D eigenvalue weighted by molar-refractivity contribution is -0.132. The number of rotatable bonds is 8. The van der Waals surface area contributed by atoms with E-state index in [0.29, 0.717) is 50.3 Å². The third-order valence-corrected chi connectivity index (χ3v) is 5.26. The topological polar surface area (TPSA) is 90.9 Å². The van der Waals surface area contributed by atoms with E-state index in [0.717, 1.165) is 24.2 Å². The van der Waals surface area contributed by atoms with Gasteiger partial charge in [-0.3, -0.25) is 4.79 Å². The second-order valence-corrected chi connectivity index (χ2v) is 7.79. The highest BCUT2D eigenvalue weighted by molar-refractivity contribution is 5.99. The standard InChI is InChI=1S/C24H31N3O4/c1-2-3-16-31-22-10-8-20(9-11-22)26-24(30)25-19-6-4-18(5-7-19)17-23(29)27-14-12-21(28)13-15-27/h4-11,21,28H,2-3,12-17H2,1H3,(H2,25,26,30). The van der Waals surface area contributed by atoms with Crippen molar-refractivity contribution in [3.05, 3.63) is 54.1 Å². The quantitative estimate of drug-likeness (QED) is 0.557. The molecule has 0 bridgehead atoms. The molecule has 0 atom stereocenters. The molecule has 1 saturated heterocycles. The number of unbranched alkanes of at least 4 members (excludes halogenated alkanes) is 1. The summed E-state index contributed by atoms with van der Waals surface area (Å²) in [5.74, 6) is 0.845. The van der Waals surface area contributed by atoms with E-state index >= 15 is 0 Å². The molecule has 2 aromatic rings. The van der Waals surface area contributed by atoms with E-state index in [4.69, 9.17) is 4.74 Å². The van der Waals surface area contributed by atoms with Gasteiger partial charge in [-0.15, -0.1) is 0 Å². The number of urea groups is 1. The molecule has 1 heterocycles. The van der Waals surface area contributed by atoms with E-state index in [1.54, 1.807) is 29.2 Å². The number of benzene rings is 2. The summed E-state index contributed by atoms with van der Waals surface area (Å²) < 4.78 is 5.62. The minimum absolute atomic E-state index is 0.0625. The molecule has 3 amide bonds. The fourth-order valence-electron chi connectivity index (χ4n) is 3.37. The number of hydrogen-bond donors (Lipinski definition) is 3. The fraction of sp³-hybridized carbons (Fsp3) is 0.417. The number of amides is 3. The largest absolute Gasteiger partial charge is 0.494 e. The van der Waals surface area contributed by atoms with Crippen LogP contribution in [0, 0.1) is 0 Å². The number of aliphatic hydroxyl groups excluding tert-OH is 1. The summed E-state index contributed by atoms with van der Waals surface area (Å²) in [6, 6.07) is 14.2. The Morgan fingerprint density at radius 2 is 1.58 bits per heavy atom. The average Bonchev–Trinajstić information content (AvgIpc) is 2.77. The van der Waals surface area contributed by atoms with Gasteiger partial charge in [0.1, 0.15) is 5.75 Å². The Hall–Kier alpha value is -3.06. The Kier molecular flexibility index (Phi) is 8.29. The number of nitrogens with one attached hydrogen (secondary N) is 2. The summed E-state index contributed by atoms with van der Waals surface area (Å²) >= 11 is 0. The zero-order chi connectivity index (χ0) is 22.1. The predicted molar refractivity (Wildman–Crippen MR) is 121 cm³/mol. The van der Waals surface area contributed by atoms with Gasteiger partial charge in [-0.25, -0.2) is 4.79 Å². The minimum atomic E-state index is -0.338. The lowest BCUT2D eigenvalue weighted by atomic mass is 10.1. The zero-order valence-electron chi connectivity index (χ0n) is 18.0. The number of aliphatic hydroxyl groups is 1. The number of anilines is 2. The first-order valence-electron chi connectivity index (χ1n) is 10.9. The van der Waals surface area contributed by atoms with Crippen molar-refractivity contribution in [1.29, 1.82) is 0 Å². The first kappa shape index (κ1) is 22.6. The Morgan fingerprint density at radius 3 is 2.16 bits per heavy atom. The number of nitrogens with zero attached hydrogens (tertiary/aromatic N) is 1. The lowest BCUT2D eigenvalue weighted by Crippen LogP contribution is -2.40. The van der Waals surface area contributed by atoms with Crippen molar-refractivity contribution in [2.45, 2.75) is 45.1 Å². The maximum Gasteiger partial charge on any atom is 0.323 e. The van der Waals surface area contributed by atoms with E-state index in [-0.39, 0.29) is 18.0 Å². The molecule has 2 aromatic carbocycles. The molecule has 1 fully saturated rings. The molecule has 0 spiro atoms. The number of carbonyl (C=O) groups is 2. The normalized spacial score (nSPS) is 14.2. The van der Waals surface area contributed by atoms with E-state index in [9.17, 15) is 14.7 Å². The van der Waals surface area contributed by atoms with Crippen LogP contribution in [0.1, 0.15) is 38.2 Å². The van der Waals surface area contributed by atoms with Crippen molar-refractivity contribution >= 4 is 23.3 Å². The molecule has 1 aliphatic rings. The highest BCUT2D eigenvalue weighted by Crippen LogP contribution is 2.17. The summed E-state index contributed by atoms with van der Waals surface area (Å²) in [4.78, 5) is 26.4. The average molecular weight is 426 g/mol. The third kappa shape index (κ3) is 7.29. The minimum Gasteiger partial charge on any atom is -0.494 e. The van der Waals surface area contributed by atoms with E-state index in [1.165, 1.54) is 0 Å². The Balaban J connectivity index is 1.44. The molecule has 31 heavy (non-hydrogen) atoms. The maximum absolute atomic E-state index is 12.4. The molecule has 7 heteroatoms. The molecule has 3 rings (SSSR count). The van der Waals surface area contributed by atoms with Crippen LogP contribution in [0.3, 0.4) is 0 Å². The van der Waals surface area contributed by atoms with Crippen LogP contribution < -0.4 is 15.4 Å². The summed E-state index contributed by atoms with van der Waals surface area (Å²) in [7, 11) is 0. The smallest absolute Gasteiger partial charge is 0.323 e. The van der Waals surface area contributed by atoms with Gasteiger partial charge in [0, 0.05) is 24.5 Å². The number of carbonyl (C=O) groups excluding carboxylic acids is 2. The van der Waals surface area contributed by atoms with Gasteiger partial charge in [-0.1, -0.05) is 25.5 Å². The summed E-state index contributed by atoms with van der Waals surface area (Å²) in [5.41, 5.74) is 2.21. The molecular weight excluding hydrogens is 394 g/mol. The van der Waals surface area contributed by atoms with Crippen molar-refractivity contribution < 1.29 is 19.4 Å². The second kappa shape index (κ2) is 11.4. The van der Waals surface area contributed by atoms with Crippen LogP contribution in [0.2, 0.25) is 0 Å². The maximum atomic E-state index is 12.4. The molecule has 1 aliphatic heterocycles. The van der Waals surface area contributed by atoms with Gasteiger partial charge in [0.2, 0.25) is 5.91 Å². The molecule has 7 nitrogen and oxygen atoms in total. The lowest BCUT2D eigenvalue weighted by Gasteiger charge is -2.29. The monoisotopic (exact) mass is 425 g/mol. The fourth-order valence-corrected chi connectivity index (χ4v) is 3.37. The van der Waals surface area contributed by atoms with Crippen molar-refractivity contribution in [1.82, 2.24) is 4.90 Å². The van der Waals surface area contributed by atoms with E-state index in [1.807, 2.05) is 24.3 Å². The van der Waals surface area contributed by atoms with Crippen LogP contribution in [-0.4, -0.2) is 47.7 Å². The van der Waals surface area contributed by atoms with Gasteiger partial charge in [-0.05, 0) is 61.2 Å². The van der Waals surface area contributed by atoms with E-state index in [2.05, 4.69) is 17.6 Å². The molecule has 166 valence electrons. The van der Waals surface area contributed by atoms with Crippen molar-refractivity contribution in [3.63, 3.8) is 0 Å². The first-order valence-corrected chi connectivity index (χ1v) is 10.9. The van der Waals surface area contributed by atoms with Crippen molar-refractivity contribution in [2.24, 2.45) is 0 Å². The summed E-state index contributed by atoms with van der Waals surface area (Å²) in [5, 5.41) is 15.1. The van der Waals surface area contributed by atoms with E-state index < -0.39 is 0 Å². The highest BCUT2D eigenvalue weighted by atomic mass is 16.5. The summed E-state index contributed by atoms with van der Waals surface area (Å²) in [6.45, 7) is 4.01. The molecular formula is C24H31N3O4. The van der Waals surface area contributed by atoms with Crippen molar-refractivity contribution in [3.8, 4) is 5.75 Å². The number of hydrogen-bond acceptors (Lipinski definition) is 4. The second-order valence-electron chi connectivity index (χ2n) is 7.79. The molecule has 3 N–H and O–H groups in total. The molecule has 0 unspecified atom stereocenters. The molecule has 0 saturated carbocycles. The van der Waals surface area contributed by atoms with Gasteiger partial charge < -0.3 is 25.4 Å². The Labute approximate surface area is 183 Å². The SMILES string of the molecule is CCCCOc1ccc(NC(=O)Nc2ccc(CC(=O)N3CCC(O)CC3)cc2)cc1. The van der Waals surface area contributed by atoms with Gasteiger partial charge in [-0.2, -0.15) is 0 Å². The number of likely N-dealkylation sites (tertiary alicyclic amines) is 1. The molecule has 0 aromatic heterocycles. The summed E-state index contributed by atoms with van der Waals surface area (Å²) in [6.07, 6.45) is 3.39. The Morgan fingerprint density at radius 1 is 1.00 bits per heavy atom.